The van der Waals surface area contributed by atoms with Crippen molar-refractivity contribution in [1.29, 1.82) is 0 Å². The highest BCUT2D eigenvalue weighted by atomic mass is 32.2. The van der Waals surface area contributed by atoms with Crippen molar-refractivity contribution in [3.05, 3.63) is 23.8 Å². The molecule has 0 aliphatic carbocycles. The Morgan fingerprint density at radius 3 is 2.25 bits per heavy atom. The van der Waals surface area contributed by atoms with Crippen molar-refractivity contribution < 1.29 is 25.8 Å². The van der Waals surface area contributed by atoms with Gasteiger partial charge in [0.2, 0.25) is 0 Å². The molecule has 90 valence electrons. The second-order valence-corrected chi connectivity index (χ2v) is 4.55. The minimum atomic E-state index is -4.57. The normalized spacial score (nSPS) is 12.8. The van der Waals surface area contributed by atoms with Crippen LogP contribution in [0, 0.1) is 0 Å². The van der Waals surface area contributed by atoms with E-state index in [9.17, 15) is 21.6 Å². The second-order valence-electron chi connectivity index (χ2n) is 2.87. The Labute approximate surface area is 89.9 Å². The summed E-state index contributed by atoms with van der Waals surface area (Å²) in [7, 11) is -3.19. The first kappa shape index (κ1) is 12.8. The van der Waals surface area contributed by atoms with Crippen LogP contribution in [0.15, 0.2) is 23.1 Å². The Bertz CT molecular complexity index is 496. The van der Waals surface area contributed by atoms with Gasteiger partial charge in [0.25, 0.3) is 10.1 Å². The number of anilines is 1. The Morgan fingerprint density at radius 2 is 1.88 bits per heavy atom. The van der Waals surface area contributed by atoms with E-state index >= 15 is 0 Å². The van der Waals surface area contributed by atoms with Gasteiger partial charge in [-0.25, -0.2) is 0 Å². The van der Waals surface area contributed by atoms with Crippen LogP contribution in [0.2, 0.25) is 0 Å². The summed E-state index contributed by atoms with van der Waals surface area (Å²) in [5.74, 6) is 0. The Kier molecular flexibility index (Phi) is 3.15. The summed E-state index contributed by atoms with van der Waals surface area (Å²) >= 11 is 0. The average Bonchev–Trinajstić information content (AvgIpc) is 2.16. The van der Waals surface area contributed by atoms with Crippen molar-refractivity contribution in [1.82, 2.24) is 0 Å². The van der Waals surface area contributed by atoms with Crippen LogP contribution in [0.4, 0.5) is 18.9 Å². The van der Waals surface area contributed by atoms with Gasteiger partial charge in [-0.2, -0.15) is 21.6 Å². The molecule has 16 heavy (non-hydrogen) atoms. The third kappa shape index (κ3) is 2.45. The van der Waals surface area contributed by atoms with Gasteiger partial charge in [0, 0.05) is 0 Å². The van der Waals surface area contributed by atoms with Crippen molar-refractivity contribution in [2.75, 3.05) is 12.8 Å². The van der Waals surface area contributed by atoms with Gasteiger partial charge >= 0.3 is 6.18 Å². The SMILES string of the molecule is COS(=O)(=O)c1ccc(C(F)(F)F)cc1N. The monoisotopic (exact) mass is 255 g/mol. The molecule has 0 radical (unpaired) electrons. The molecular formula is C8H8F3NO3S. The van der Waals surface area contributed by atoms with Gasteiger partial charge in [0.1, 0.15) is 4.90 Å². The van der Waals surface area contributed by atoms with E-state index in [1.54, 1.807) is 0 Å². The van der Waals surface area contributed by atoms with Crippen LogP contribution in [-0.2, 0) is 20.5 Å². The summed E-state index contributed by atoms with van der Waals surface area (Å²) in [5, 5.41) is 0. The van der Waals surface area contributed by atoms with Crippen molar-refractivity contribution in [2.45, 2.75) is 11.1 Å². The highest BCUT2D eigenvalue weighted by Crippen LogP contribution is 2.32. The van der Waals surface area contributed by atoms with Crippen molar-refractivity contribution in [2.24, 2.45) is 0 Å². The van der Waals surface area contributed by atoms with Crippen LogP contribution in [0.3, 0.4) is 0 Å². The first-order valence-corrected chi connectivity index (χ1v) is 5.36. The zero-order valence-corrected chi connectivity index (χ0v) is 8.89. The van der Waals surface area contributed by atoms with Gasteiger partial charge in [0.15, 0.2) is 0 Å². The summed E-state index contributed by atoms with van der Waals surface area (Å²) in [5.41, 5.74) is 3.70. The number of rotatable bonds is 2. The highest BCUT2D eigenvalue weighted by molar-refractivity contribution is 7.87. The van der Waals surface area contributed by atoms with Crippen molar-refractivity contribution in [3.63, 3.8) is 0 Å². The van der Waals surface area contributed by atoms with Gasteiger partial charge < -0.3 is 5.73 Å². The Hall–Kier alpha value is -1.28. The van der Waals surface area contributed by atoms with E-state index in [0.717, 1.165) is 13.2 Å². The maximum Gasteiger partial charge on any atom is 0.416 e. The Morgan fingerprint density at radius 1 is 1.31 bits per heavy atom. The largest absolute Gasteiger partial charge is 0.416 e. The molecule has 1 aromatic carbocycles. The molecule has 2 N–H and O–H groups in total. The molecule has 0 aliphatic heterocycles. The van der Waals surface area contributed by atoms with Crippen molar-refractivity contribution >= 4 is 15.8 Å². The predicted octanol–water partition coefficient (Wildman–Crippen LogP) is 1.62. The molecule has 0 atom stereocenters. The van der Waals surface area contributed by atoms with Crippen molar-refractivity contribution in [3.8, 4) is 0 Å². The molecule has 0 unspecified atom stereocenters. The molecule has 0 aromatic heterocycles. The van der Waals surface area contributed by atoms with Gasteiger partial charge in [-0.15, -0.1) is 0 Å². The summed E-state index contributed by atoms with van der Waals surface area (Å²) < 4.78 is 63.3. The lowest BCUT2D eigenvalue weighted by molar-refractivity contribution is -0.137. The number of nitrogen functional groups attached to an aromatic ring is 1. The minimum absolute atomic E-state index is 0.483. The third-order valence-electron chi connectivity index (χ3n) is 1.83. The fraction of sp³-hybridized carbons (Fsp3) is 0.250. The predicted molar refractivity (Wildman–Crippen MR) is 50.1 cm³/mol. The van der Waals surface area contributed by atoms with Crippen LogP contribution in [0.5, 0.6) is 0 Å². The lowest BCUT2D eigenvalue weighted by Crippen LogP contribution is -2.10. The summed E-state index contributed by atoms with van der Waals surface area (Å²) in [6.07, 6.45) is -4.57. The molecule has 0 amide bonds. The first-order valence-electron chi connectivity index (χ1n) is 3.96. The van der Waals surface area contributed by atoms with Gasteiger partial charge in [-0.1, -0.05) is 0 Å². The van der Waals surface area contributed by atoms with E-state index in [0.29, 0.717) is 12.1 Å². The molecular weight excluding hydrogens is 247 g/mol. The third-order valence-corrected chi connectivity index (χ3v) is 3.18. The topological polar surface area (TPSA) is 69.4 Å². The quantitative estimate of drug-likeness (QED) is 0.644. The van der Waals surface area contributed by atoms with Crippen LogP contribution in [-0.4, -0.2) is 15.5 Å². The van der Waals surface area contributed by atoms with E-state index in [1.165, 1.54) is 0 Å². The molecule has 1 rings (SSSR count). The Balaban J connectivity index is 3.32. The number of benzene rings is 1. The zero-order valence-electron chi connectivity index (χ0n) is 8.08. The molecule has 0 spiro atoms. The fourth-order valence-electron chi connectivity index (χ4n) is 1.04. The maximum absolute atomic E-state index is 12.2. The molecule has 0 bridgehead atoms. The van der Waals surface area contributed by atoms with Crippen LogP contribution >= 0.6 is 0 Å². The lowest BCUT2D eigenvalue weighted by atomic mass is 10.2. The maximum atomic E-state index is 12.2. The zero-order chi connectivity index (χ0) is 12.6. The molecule has 0 aliphatic rings. The highest BCUT2D eigenvalue weighted by Gasteiger charge is 2.31. The first-order chi connectivity index (χ1) is 7.18. The summed E-state index contributed by atoms with van der Waals surface area (Å²) in [4.78, 5) is -0.483. The van der Waals surface area contributed by atoms with E-state index < -0.39 is 32.4 Å². The number of nitrogens with two attached hydrogens (primary N) is 1. The minimum Gasteiger partial charge on any atom is -0.398 e. The number of halogens is 3. The molecule has 8 heteroatoms. The molecule has 0 fully saturated rings. The van der Waals surface area contributed by atoms with Gasteiger partial charge in [-0.3, -0.25) is 4.18 Å². The van der Waals surface area contributed by atoms with Crippen LogP contribution in [0.25, 0.3) is 0 Å². The molecule has 0 heterocycles. The standard InChI is InChI=1S/C8H8F3NO3S/c1-15-16(13,14)7-3-2-5(4-6(7)12)8(9,10)11/h2-4H,12H2,1H3. The number of alkyl halides is 3. The van der Waals surface area contributed by atoms with Gasteiger partial charge in [0.05, 0.1) is 18.4 Å². The van der Waals surface area contributed by atoms with E-state index in [2.05, 4.69) is 4.18 Å². The van der Waals surface area contributed by atoms with E-state index in [4.69, 9.17) is 5.73 Å². The molecule has 1 aromatic rings. The molecule has 0 saturated carbocycles. The second kappa shape index (κ2) is 3.95. The lowest BCUT2D eigenvalue weighted by Gasteiger charge is -2.10. The summed E-state index contributed by atoms with van der Waals surface area (Å²) in [6, 6.07) is 1.94. The smallest absolute Gasteiger partial charge is 0.398 e. The number of hydrogen-bond donors (Lipinski definition) is 1. The summed E-state index contributed by atoms with van der Waals surface area (Å²) in [6.45, 7) is 0. The molecule has 4 nitrogen and oxygen atoms in total. The van der Waals surface area contributed by atoms with Crippen LogP contribution < -0.4 is 5.73 Å². The average molecular weight is 255 g/mol. The van der Waals surface area contributed by atoms with Gasteiger partial charge in [-0.05, 0) is 18.2 Å². The van der Waals surface area contributed by atoms with E-state index in [-0.39, 0.29) is 0 Å². The number of hydrogen-bond acceptors (Lipinski definition) is 4. The molecule has 0 saturated heterocycles. The van der Waals surface area contributed by atoms with E-state index in [1.807, 2.05) is 0 Å². The fourth-order valence-corrected chi connectivity index (χ4v) is 1.80. The van der Waals surface area contributed by atoms with Crippen LogP contribution in [0.1, 0.15) is 5.56 Å².